The lowest BCUT2D eigenvalue weighted by atomic mass is 9.30. The zero-order valence-corrected chi connectivity index (χ0v) is 51.7. The molecule has 0 spiro atoms. The Morgan fingerprint density at radius 3 is 1.40 bits per heavy atom. The van der Waals surface area contributed by atoms with Crippen LogP contribution in [0.1, 0.15) is 77.6 Å². The normalized spacial score (nSPS) is 14.4. The van der Waals surface area contributed by atoms with E-state index in [-0.39, 0.29) is 29.7 Å². The zero-order chi connectivity index (χ0) is 60.2. The Bertz CT molecular complexity index is 4830. The average Bonchev–Trinajstić information content (AvgIpc) is 1.25. The second-order valence-corrected chi connectivity index (χ2v) is 27.6. The molecule has 0 radical (unpaired) electrons. The molecule has 4 aliphatic heterocycles. The summed E-state index contributed by atoms with van der Waals surface area (Å²) in [5.74, 6) is 1.76. The summed E-state index contributed by atoms with van der Waals surface area (Å²) < 4.78 is 7.77. The van der Waals surface area contributed by atoms with Gasteiger partial charge in [0.2, 0.25) is 0 Å². The fourth-order valence-corrected chi connectivity index (χ4v) is 15.8. The number of ether oxygens (including phenoxy) is 1. The maximum absolute atomic E-state index is 7.77. The predicted octanol–water partition coefficient (Wildman–Crippen LogP) is 18.1. The third-order valence-electron chi connectivity index (χ3n) is 19.9. The van der Waals surface area contributed by atoms with Crippen LogP contribution in [0.2, 0.25) is 0 Å². The summed E-state index contributed by atoms with van der Waals surface area (Å²) >= 11 is 0. The molecule has 5 aliphatic rings. The van der Waals surface area contributed by atoms with Crippen molar-refractivity contribution in [2.24, 2.45) is 0 Å². The molecular weight excluding hydrogens is 1080 g/mol. The van der Waals surface area contributed by atoms with Crippen LogP contribution < -0.4 is 52.2 Å². The maximum atomic E-state index is 7.77. The summed E-state index contributed by atoms with van der Waals surface area (Å²) in [6.07, 6.45) is 0. The summed E-state index contributed by atoms with van der Waals surface area (Å²) in [5, 5.41) is 0. The summed E-state index contributed by atoms with van der Waals surface area (Å²) in [7, 11) is 0. The first-order valence-electron chi connectivity index (χ1n) is 31.6. The van der Waals surface area contributed by atoms with Gasteiger partial charge in [0.15, 0.2) is 0 Å². The van der Waals surface area contributed by atoms with Crippen molar-refractivity contribution in [3.63, 3.8) is 0 Å². The number of fused-ring (bicyclic) bond motifs is 11. The average molecular weight is 1140 g/mol. The smallest absolute Gasteiger partial charge is 0.256 e. The molecule has 0 fully saturated rings. The molecular formula is C83H67B2N3O. The number of anilines is 9. The summed E-state index contributed by atoms with van der Waals surface area (Å²) in [6.45, 7) is 18.6. The van der Waals surface area contributed by atoms with Crippen molar-refractivity contribution in [3.05, 3.63) is 283 Å². The van der Waals surface area contributed by atoms with Gasteiger partial charge in [0, 0.05) is 68.1 Å². The number of hydrogen-bond acceptors (Lipinski definition) is 4. The third kappa shape index (κ3) is 8.01. The van der Waals surface area contributed by atoms with Crippen LogP contribution in [0.5, 0.6) is 11.5 Å². The van der Waals surface area contributed by atoms with Crippen LogP contribution in [-0.4, -0.2) is 13.4 Å². The van der Waals surface area contributed by atoms with Crippen molar-refractivity contribution in [2.45, 2.75) is 71.6 Å². The fraction of sp³-hybridized carbons (Fsp3) is 0.133. The molecule has 12 aromatic carbocycles. The lowest BCUT2D eigenvalue weighted by Gasteiger charge is -2.46. The van der Waals surface area contributed by atoms with Gasteiger partial charge in [-0.15, -0.1) is 0 Å². The lowest BCUT2D eigenvalue weighted by Crippen LogP contribution is -2.64. The monoisotopic (exact) mass is 1140 g/mol. The zero-order valence-electron chi connectivity index (χ0n) is 51.7. The largest absolute Gasteiger partial charge is 0.458 e. The van der Waals surface area contributed by atoms with Crippen LogP contribution in [0.15, 0.2) is 261 Å². The molecule has 0 aromatic heterocycles. The Morgan fingerprint density at radius 1 is 0.326 bits per heavy atom. The van der Waals surface area contributed by atoms with Crippen molar-refractivity contribution in [1.29, 1.82) is 0 Å². The summed E-state index contributed by atoms with van der Waals surface area (Å²) in [6, 6.07) is 98.2. The molecule has 0 atom stereocenters. The van der Waals surface area contributed by atoms with E-state index in [0.717, 1.165) is 39.8 Å². The quantitative estimate of drug-likeness (QED) is 0.154. The Morgan fingerprint density at radius 2 is 0.798 bits per heavy atom. The molecule has 0 unspecified atom stereocenters. The van der Waals surface area contributed by atoms with Gasteiger partial charge in [-0.25, -0.2) is 0 Å². The van der Waals surface area contributed by atoms with Gasteiger partial charge in [-0.1, -0.05) is 237 Å². The molecule has 4 heterocycles. The Kier molecular flexibility index (Phi) is 11.7. The Labute approximate surface area is 524 Å². The SMILES string of the molecule is CC(C)(C)c1cc(-c2ccccc2)c(N2c3ccccc3B3c4cc5c(cc4N(c4ccccc4)c4cc(C(C)(C)C)cc2c43)Oc2cc(-c3cccc4c3C(C)(C)c3ccccc3-4)cc3c2B5c2ccccc2N3c2ccccc2)c(-c2ccccc2)c1. The minimum Gasteiger partial charge on any atom is -0.458 e. The maximum Gasteiger partial charge on any atom is 0.256 e. The summed E-state index contributed by atoms with van der Waals surface area (Å²) in [4.78, 5) is 7.71. The Hall–Kier alpha value is -10.0. The van der Waals surface area contributed by atoms with Crippen LogP contribution in [0.25, 0.3) is 44.5 Å². The van der Waals surface area contributed by atoms with Crippen molar-refractivity contribution in [3.8, 4) is 56.0 Å². The van der Waals surface area contributed by atoms with Gasteiger partial charge in [0.05, 0.1) is 5.69 Å². The molecule has 0 bridgehead atoms. The minimum absolute atomic E-state index is 0.126. The van der Waals surface area contributed by atoms with E-state index in [1.165, 1.54) is 122 Å². The number of rotatable bonds is 6. The topological polar surface area (TPSA) is 19.0 Å². The molecule has 12 aromatic rings. The molecule has 0 saturated carbocycles. The third-order valence-corrected chi connectivity index (χ3v) is 19.9. The van der Waals surface area contributed by atoms with E-state index in [1.807, 2.05) is 0 Å². The molecule has 4 nitrogen and oxygen atoms in total. The van der Waals surface area contributed by atoms with E-state index in [2.05, 4.69) is 331 Å². The standard InChI is InChI=1S/C83H67B2N3O/c1-81(2,3)55-46-62(52-28-13-9-14-29-52)80(63(47-55)53-30-15-10-16-31-53)88-70-43-26-24-41-66(70)84-67-50-68-75(51-71(67)87(58-34-19-12-20-35-58)73-48-56(82(4,5)6)49-74(88)78(73)84)89-76-45-54(59-37-27-38-61-60-36-21-22-39-64(60)83(7,8)77(59)61)44-72-79(76)85(68)65-40-23-25-42-69(65)86(72)57-32-17-11-18-33-57/h9-51H,1-8H3. The fourth-order valence-electron chi connectivity index (χ4n) is 15.8. The van der Waals surface area contributed by atoms with Crippen molar-refractivity contribution >= 4 is 97.4 Å². The molecule has 89 heavy (non-hydrogen) atoms. The van der Waals surface area contributed by atoms with Crippen LogP contribution in [0.3, 0.4) is 0 Å². The molecule has 1 aliphatic carbocycles. The van der Waals surface area contributed by atoms with Crippen LogP contribution >= 0.6 is 0 Å². The molecule has 0 saturated heterocycles. The molecule has 0 amide bonds. The lowest BCUT2D eigenvalue weighted by molar-refractivity contribution is 0.488. The highest BCUT2D eigenvalue weighted by atomic mass is 16.5. The van der Waals surface area contributed by atoms with E-state index in [9.17, 15) is 0 Å². The van der Waals surface area contributed by atoms with E-state index >= 15 is 0 Å². The first kappa shape index (κ1) is 53.2. The second-order valence-electron chi connectivity index (χ2n) is 27.6. The molecule has 17 rings (SSSR count). The van der Waals surface area contributed by atoms with Crippen molar-refractivity contribution < 1.29 is 4.74 Å². The number of benzene rings is 12. The van der Waals surface area contributed by atoms with E-state index < -0.39 is 0 Å². The molecule has 0 N–H and O–H groups in total. The second kappa shape index (κ2) is 19.5. The van der Waals surface area contributed by atoms with Gasteiger partial charge in [-0.05, 0) is 172 Å². The van der Waals surface area contributed by atoms with Crippen molar-refractivity contribution in [1.82, 2.24) is 0 Å². The number of hydrogen-bond donors (Lipinski definition) is 0. The minimum atomic E-state index is -0.222. The van der Waals surface area contributed by atoms with Crippen LogP contribution in [0.4, 0.5) is 51.2 Å². The Balaban J connectivity index is 0.948. The highest BCUT2D eigenvalue weighted by Gasteiger charge is 2.49. The molecule has 6 heteroatoms. The predicted molar refractivity (Wildman–Crippen MR) is 378 cm³/mol. The van der Waals surface area contributed by atoms with Crippen LogP contribution in [0, 0.1) is 0 Å². The van der Waals surface area contributed by atoms with E-state index in [4.69, 9.17) is 4.74 Å². The summed E-state index contributed by atoms with van der Waals surface area (Å²) in [5.41, 5.74) is 32.2. The first-order valence-corrected chi connectivity index (χ1v) is 31.6. The van der Waals surface area contributed by atoms with Gasteiger partial charge >= 0.3 is 0 Å². The van der Waals surface area contributed by atoms with Gasteiger partial charge in [0.25, 0.3) is 13.4 Å². The van der Waals surface area contributed by atoms with E-state index in [1.54, 1.807) is 0 Å². The van der Waals surface area contributed by atoms with Gasteiger partial charge in [-0.3, -0.25) is 0 Å². The molecule has 426 valence electrons. The highest BCUT2D eigenvalue weighted by Crippen LogP contribution is 2.56. The number of nitrogens with zero attached hydrogens (tertiary/aromatic N) is 3. The van der Waals surface area contributed by atoms with E-state index in [0.29, 0.717) is 0 Å². The van der Waals surface area contributed by atoms with Gasteiger partial charge < -0.3 is 19.4 Å². The van der Waals surface area contributed by atoms with Gasteiger partial charge in [-0.2, -0.15) is 0 Å². The number of para-hydroxylation sites is 4. The van der Waals surface area contributed by atoms with Crippen molar-refractivity contribution in [2.75, 3.05) is 14.7 Å². The van der Waals surface area contributed by atoms with Gasteiger partial charge in [0.1, 0.15) is 11.5 Å². The van der Waals surface area contributed by atoms with Crippen LogP contribution in [-0.2, 0) is 16.2 Å². The first-order chi connectivity index (χ1) is 43.2. The highest BCUT2D eigenvalue weighted by molar-refractivity contribution is 7.02.